The lowest BCUT2D eigenvalue weighted by Gasteiger charge is -2.23. The third-order valence-electron chi connectivity index (χ3n) is 3.83. The number of amides is 2. The first-order valence-electron chi connectivity index (χ1n) is 7.58. The van der Waals surface area contributed by atoms with Crippen molar-refractivity contribution in [2.24, 2.45) is 0 Å². The molecule has 2 amide bonds. The third kappa shape index (κ3) is 3.45. The highest BCUT2D eigenvalue weighted by atomic mass is 16.2. The van der Waals surface area contributed by atoms with Gasteiger partial charge in [0.1, 0.15) is 0 Å². The molecule has 0 heterocycles. The molecule has 0 radical (unpaired) electrons. The van der Waals surface area contributed by atoms with E-state index in [2.05, 4.69) is 0 Å². The molecule has 22 heavy (non-hydrogen) atoms. The normalized spacial score (nSPS) is 10.5. The minimum Gasteiger partial charge on any atom is -0.342 e. The quantitative estimate of drug-likeness (QED) is 0.851. The van der Waals surface area contributed by atoms with Crippen molar-refractivity contribution in [3.63, 3.8) is 0 Å². The van der Waals surface area contributed by atoms with Gasteiger partial charge >= 0.3 is 0 Å². The summed E-state index contributed by atoms with van der Waals surface area (Å²) in [7, 11) is 1.67. The van der Waals surface area contributed by atoms with Gasteiger partial charge in [0.05, 0.1) is 6.54 Å². The lowest BCUT2D eigenvalue weighted by atomic mass is 10.1. The van der Waals surface area contributed by atoms with Gasteiger partial charge < -0.3 is 9.80 Å². The van der Waals surface area contributed by atoms with E-state index in [0.717, 1.165) is 10.8 Å². The first kappa shape index (κ1) is 16.0. The van der Waals surface area contributed by atoms with Gasteiger partial charge in [-0.1, -0.05) is 30.3 Å². The van der Waals surface area contributed by atoms with E-state index < -0.39 is 0 Å². The minimum atomic E-state index is -0.133. The molecule has 0 saturated heterocycles. The fourth-order valence-corrected chi connectivity index (χ4v) is 2.49. The number of hydrogen-bond donors (Lipinski definition) is 0. The van der Waals surface area contributed by atoms with E-state index in [1.165, 1.54) is 4.90 Å². The molecule has 4 nitrogen and oxygen atoms in total. The van der Waals surface area contributed by atoms with Crippen LogP contribution in [0.2, 0.25) is 0 Å². The van der Waals surface area contributed by atoms with Gasteiger partial charge in [-0.2, -0.15) is 0 Å². The van der Waals surface area contributed by atoms with Crippen molar-refractivity contribution in [2.45, 2.75) is 13.8 Å². The predicted molar refractivity (Wildman–Crippen MR) is 88.8 cm³/mol. The standard InChI is InChI=1S/C18H22N2O2/c1-4-20(5-2)17(21)13-19(3)18(22)16-11-10-14-8-6-7-9-15(14)12-16/h6-12H,4-5,13H2,1-3H3. The van der Waals surface area contributed by atoms with Crippen LogP contribution in [0.3, 0.4) is 0 Å². The van der Waals surface area contributed by atoms with Crippen LogP contribution in [0.15, 0.2) is 42.5 Å². The maximum absolute atomic E-state index is 12.5. The Morgan fingerprint density at radius 1 is 0.955 bits per heavy atom. The third-order valence-corrected chi connectivity index (χ3v) is 3.83. The summed E-state index contributed by atoms with van der Waals surface area (Å²) in [6.07, 6.45) is 0. The molecule has 0 bridgehead atoms. The molecule has 0 N–H and O–H groups in total. The lowest BCUT2D eigenvalue weighted by molar-refractivity contribution is -0.131. The summed E-state index contributed by atoms with van der Waals surface area (Å²) in [6.45, 7) is 5.30. The van der Waals surface area contributed by atoms with Crippen LogP contribution in [0.5, 0.6) is 0 Å². The highest BCUT2D eigenvalue weighted by molar-refractivity contribution is 5.99. The summed E-state index contributed by atoms with van der Waals surface area (Å²) in [5, 5.41) is 2.12. The fourth-order valence-electron chi connectivity index (χ4n) is 2.49. The maximum atomic E-state index is 12.5. The highest BCUT2D eigenvalue weighted by Crippen LogP contribution is 2.16. The molecule has 0 atom stereocenters. The van der Waals surface area contributed by atoms with Gasteiger partial charge in [-0.3, -0.25) is 9.59 Å². The molecule has 116 valence electrons. The Morgan fingerprint density at radius 3 is 2.23 bits per heavy atom. The van der Waals surface area contributed by atoms with E-state index in [4.69, 9.17) is 0 Å². The van der Waals surface area contributed by atoms with Crippen LogP contribution < -0.4 is 0 Å². The molecule has 0 aliphatic carbocycles. The van der Waals surface area contributed by atoms with E-state index in [1.54, 1.807) is 11.9 Å². The van der Waals surface area contributed by atoms with Crippen LogP contribution in [-0.2, 0) is 4.79 Å². The monoisotopic (exact) mass is 298 g/mol. The zero-order valence-electron chi connectivity index (χ0n) is 13.4. The molecule has 0 aromatic heterocycles. The molecule has 2 rings (SSSR count). The van der Waals surface area contributed by atoms with Crippen molar-refractivity contribution >= 4 is 22.6 Å². The Hall–Kier alpha value is -2.36. The number of likely N-dealkylation sites (N-methyl/N-ethyl adjacent to an activating group) is 2. The first-order valence-corrected chi connectivity index (χ1v) is 7.58. The molecule has 0 unspecified atom stereocenters. The van der Waals surface area contributed by atoms with E-state index in [-0.39, 0.29) is 18.4 Å². The van der Waals surface area contributed by atoms with Crippen LogP contribution in [0, 0.1) is 0 Å². The smallest absolute Gasteiger partial charge is 0.254 e. The summed E-state index contributed by atoms with van der Waals surface area (Å²) in [5.74, 6) is -0.159. The van der Waals surface area contributed by atoms with E-state index in [1.807, 2.05) is 56.3 Å². The van der Waals surface area contributed by atoms with Gasteiger partial charge in [-0.05, 0) is 36.8 Å². The number of carbonyl (C=O) groups is 2. The number of fused-ring (bicyclic) bond motifs is 1. The van der Waals surface area contributed by atoms with Crippen LogP contribution in [0.4, 0.5) is 0 Å². The average molecular weight is 298 g/mol. The van der Waals surface area contributed by atoms with Gasteiger partial charge in [0.25, 0.3) is 5.91 Å². The number of hydrogen-bond acceptors (Lipinski definition) is 2. The summed E-state index contributed by atoms with van der Waals surface area (Å²) in [4.78, 5) is 27.8. The van der Waals surface area contributed by atoms with Gasteiger partial charge in [-0.15, -0.1) is 0 Å². The summed E-state index contributed by atoms with van der Waals surface area (Å²) in [5.41, 5.74) is 0.605. The van der Waals surface area contributed by atoms with Crippen LogP contribution >= 0.6 is 0 Å². The number of benzene rings is 2. The lowest BCUT2D eigenvalue weighted by Crippen LogP contribution is -2.41. The summed E-state index contributed by atoms with van der Waals surface area (Å²) < 4.78 is 0. The Balaban J connectivity index is 2.13. The van der Waals surface area contributed by atoms with Crippen molar-refractivity contribution in [1.29, 1.82) is 0 Å². The molecule has 0 fully saturated rings. The Morgan fingerprint density at radius 2 is 1.59 bits per heavy atom. The second-order valence-electron chi connectivity index (χ2n) is 5.29. The highest BCUT2D eigenvalue weighted by Gasteiger charge is 2.17. The predicted octanol–water partition coefficient (Wildman–Crippen LogP) is 2.78. The van der Waals surface area contributed by atoms with Crippen LogP contribution in [-0.4, -0.2) is 48.3 Å². The first-order chi connectivity index (χ1) is 10.6. The Bertz CT molecular complexity index is 678. The molecular formula is C18H22N2O2. The fraction of sp³-hybridized carbons (Fsp3) is 0.333. The average Bonchev–Trinajstić information content (AvgIpc) is 2.54. The minimum absolute atomic E-state index is 0.0263. The van der Waals surface area contributed by atoms with E-state index in [9.17, 15) is 9.59 Å². The molecule has 0 spiro atoms. The topological polar surface area (TPSA) is 40.6 Å². The summed E-state index contributed by atoms with van der Waals surface area (Å²) >= 11 is 0. The molecule has 0 aliphatic rings. The molecular weight excluding hydrogens is 276 g/mol. The Kier molecular flexibility index (Phi) is 5.15. The van der Waals surface area contributed by atoms with Crippen molar-refractivity contribution in [1.82, 2.24) is 9.80 Å². The van der Waals surface area contributed by atoms with Crippen molar-refractivity contribution in [2.75, 3.05) is 26.7 Å². The van der Waals surface area contributed by atoms with Gasteiger partial charge in [0, 0.05) is 25.7 Å². The van der Waals surface area contributed by atoms with E-state index in [0.29, 0.717) is 18.7 Å². The van der Waals surface area contributed by atoms with Crippen molar-refractivity contribution < 1.29 is 9.59 Å². The van der Waals surface area contributed by atoms with E-state index >= 15 is 0 Å². The Labute approximate surface area is 131 Å². The zero-order chi connectivity index (χ0) is 16.1. The van der Waals surface area contributed by atoms with Gasteiger partial charge in [0.15, 0.2) is 0 Å². The molecule has 4 heteroatoms. The second-order valence-corrected chi connectivity index (χ2v) is 5.29. The molecule has 0 saturated carbocycles. The SMILES string of the molecule is CCN(CC)C(=O)CN(C)C(=O)c1ccc2ccccc2c1. The van der Waals surface area contributed by atoms with Crippen molar-refractivity contribution in [3.05, 3.63) is 48.0 Å². The molecule has 2 aromatic carbocycles. The number of rotatable bonds is 5. The van der Waals surface area contributed by atoms with Gasteiger partial charge in [0.2, 0.25) is 5.91 Å². The van der Waals surface area contributed by atoms with Crippen LogP contribution in [0.25, 0.3) is 10.8 Å². The maximum Gasteiger partial charge on any atom is 0.254 e. The zero-order valence-corrected chi connectivity index (χ0v) is 13.4. The van der Waals surface area contributed by atoms with Crippen molar-refractivity contribution in [3.8, 4) is 0 Å². The summed E-state index contributed by atoms with van der Waals surface area (Å²) in [6, 6.07) is 13.5. The largest absolute Gasteiger partial charge is 0.342 e. The van der Waals surface area contributed by atoms with Crippen LogP contribution in [0.1, 0.15) is 24.2 Å². The van der Waals surface area contributed by atoms with Gasteiger partial charge in [-0.25, -0.2) is 0 Å². The molecule has 2 aromatic rings. The second kappa shape index (κ2) is 7.07. The number of nitrogens with zero attached hydrogens (tertiary/aromatic N) is 2. The number of carbonyl (C=O) groups excluding carboxylic acids is 2. The molecule has 0 aliphatic heterocycles.